The highest BCUT2D eigenvalue weighted by atomic mass is 79.9. The summed E-state index contributed by atoms with van der Waals surface area (Å²) in [6, 6.07) is 0. The van der Waals surface area contributed by atoms with E-state index in [1.54, 1.807) is 20.8 Å². The summed E-state index contributed by atoms with van der Waals surface area (Å²) in [5.74, 6) is -4.29. The molecule has 0 bridgehead atoms. The van der Waals surface area contributed by atoms with E-state index < -0.39 is 95.4 Å². The van der Waals surface area contributed by atoms with Gasteiger partial charge in [0.15, 0.2) is 12.4 Å². The minimum absolute atomic E-state index is 0.0825. The number of hydrogen-bond donors (Lipinski definition) is 2. The van der Waals surface area contributed by atoms with Crippen LogP contribution in [0.25, 0.3) is 0 Å². The molecule has 12 nitrogen and oxygen atoms in total. The Hall–Kier alpha value is -1.23. The van der Waals surface area contributed by atoms with Crippen LogP contribution in [0.1, 0.15) is 53.4 Å². The number of rotatable bonds is 7. The summed E-state index contributed by atoms with van der Waals surface area (Å²) in [5, 5.41) is 24.0. The molecule has 3 fully saturated rings. The van der Waals surface area contributed by atoms with Gasteiger partial charge in [0.05, 0.1) is 22.9 Å². The van der Waals surface area contributed by atoms with Gasteiger partial charge in [0.1, 0.15) is 17.8 Å². The lowest BCUT2D eigenvalue weighted by Crippen LogP contribution is -2.74. The molecule has 0 aromatic rings. The first-order chi connectivity index (χ1) is 18.5. The Kier molecular flexibility index (Phi) is 8.10. The number of halogens is 1. The summed E-state index contributed by atoms with van der Waals surface area (Å²) in [5.41, 5.74) is -4.42. The van der Waals surface area contributed by atoms with E-state index in [0.29, 0.717) is 0 Å². The minimum Gasteiger partial charge on any atom is -0.458 e. The summed E-state index contributed by atoms with van der Waals surface area (Å²) in [4.78, 5) is 37.6. The molecular formula is C26H37BrO12S2. The lowest BCUT2D eigenvalue weighted by Gasteiger charge is -2.67. The molecule has 0 amide bonds. The lowest BCUT2D eigenvalue weighted by molar-refractivity contribution is -0.196. The molecule has 10 atom stereocenters. The van der Waals surface area contributed by atoms with Gasteiger partial charge in [-0.2, -0.15) is 16.8 Å². The van der Waals surface area contributed by atoms with Crippen LogP contribution in [0.3, 0.4) is 0 Å². The van der Waals surface area contributed by atoms with Crippen LogP contribution in [-0.2, 0) is 47.7 Å². The molecule has 4 aliphatic carbocycles. The normalized spacial score (nSPS) is 44.3. The molecule has 0 heterocycles. The van der Waals surface area contributed by atoms with Crippen LogP contribution in [-0.4, -0.2) is 91.9 Å². The molecule has 0 saturated heterocycles. The van der Waals surface area contributed by atoms with E-state index in [2.05, 4.69) is 15.9 Å². The van der Waals surface area contributed by atoms with E-state index in [1.807, 2.05) is 0 Å². The molecule has 15 heteroatoms. The summed E-state index contributed by atoms with van der Waals surface area (Å²) in [6.07, 6.45) is -1.32. The predicted molar refractivity (Wildman–Crippen MR) is 148 cm³/mol. The molecule has 4 rings (SSSR count). The van der Waals surface area contributed by atoms with Crippen LogP contribution in [0.4, 0.5) is 0 Å². The Morgan fingerprint density at radius 3 is 2.24 bits per heavy atom. The van der Waals surface area contributed by atoms with Crippen LogP contribution in [0.2, 0.25) is 0 Å². The number of fused-ring (bicyclic) bond motifs is 5. The first kappa shape index (κ1) is 32.7. The number of carbonyl (C=O) groups is 3. The number of ether oxygens (including phenoxy) is 1. The first-order valence-corrected chi connectivity index (χ1v) is 17.7. The van der Waals surface area contributed by atoms with Gasteiger partial charge in [0, 0.05) is 30.1 Å². The summed E-state index contributed by atoms with van der Waals surface area (Å²) >= 11 is 3.80. The molecule has 0 aromatic carbocycles. The molecule has 4 unspecified atom stereocenters. The highest BCUT2D eigenvalue weighted by Gasteiger charge is 2.78. The Bertz CT molecular complexity index is 1410. The van der Waals surface area contributed by atoms with Crippen molar-refractivity contribution in [3.8, 4) is 0 Å². The van der Waals surface area contributed by atoms with Crippen LogP contribution in [0.15, 0.2) is 11.6 Å². The fraction of sp³-hybridized carbons (Fsp3) is 0.808. The van der Waals surface area contributed by atoms with Gasteiger partial charge in [0.25, 0.3) is 20.2 Å². The third-order valence-electron chi connectivity index (χ3n) is 10.1. The Morgan fingerprint density at radius 1 is 1.12 bits per heavy atom. The molecule has 3 saturated carbocycles. The van der Waals surface area contributed by atoms with Crippen LogP contribution < -0.4 is 0 Å². The highest BCUT2D eigenvalue weighted by molar-refractivity contribution is 9.10. The molecule has 0 aromatic heterocycles. The molecule has 41 heavy (non-hydrogen) atoms. The molecule has 2 N–H and O–H groups in total. The number of ketones is 2. The molecule has 4 aliphatic rings. The van der Waals surface area contributed by atoms with Crippen LogP contribution in [0.5, 0.6) is 0 Å². The second kappa shape index (κ2) is 10.2. The number of esters is 1. The van der Waals surface area contributed by atoms with Crippen molar-refractivity contribution in [3.63, 3.8) is 0 Å². The second-order valence-corrected chi connectivity index (χ2v) is 17.0. The number of Topliss-reactive ketones (excluding diaryl/α,β-unsaturated/α-hetero) is 1. The van der Waals surface area contributed by atoms with Gasteiger partial charge in [-0.1, -0.05) is 36.7 Å². The maximum Gasteiger partial charge on any atom is 0.303 e. The topological polar surface area (TPSA) is 188 Å². The third kappa shape index (κ3) is 4.96. The maximum absolute atomic E-state index is 13.5. The minimum atomic E-state index is -4.28. The van der Waals surface area contributed by atoms with E-state index in [0.717, 1.165) is 19.4 Å². The smallest absolute Gasteiger partial charge is 0.303 e. The maximum atomic E-state index is 13.5. The molecule has 0 aliphatic heterocycles. The van der Waals surface area contributed by atoms with Gasteiger partial charge in [-0.05, 0) is 42.7 Å². The van der Waals surface area contributed by atoms with Gasteiger partial charge in [-0.25, -0.2) is 0 Å². The number of hydrogen-bond acceptors (Lipinski definition) is 12. The molecule has 232 valence electrons. The molecule has 0 spiro atoms. The van der Waals surface area contributed by atoms with Crippen molar-refractivity contribution >= 4 is 53.7 Å². The zero-order valence-corrected chi connectivity index (χ0v) is 27.0. The fourth-order valence-electron chi connectivity index (χ4n) is 8.35. The second-order valence-electron chi connectivity index (χ2n) is 12.5. The van der Waals surface area contributed by atoms with Crippen molar-refractivity contribution in [2.75, 3.05) is 19.1 Å². The van der Waals surface area contributed by atoms with E-state index in [-0.39, 0.29) is 37.0 Å². The van der Waals surface area contributed by atoms with Crippen molar-refractivity contribution in [1.29, 1.82) is 0 Å². The molecular weight excluding hydrogens is 648 g/mol. The van der Waals surface area contributed by atoms with Crippen LogP contribution >= 0.6 is 15.9 Å². The fourth-order valence-corrected chi connectivity index (χ4v) is 10.7. The van der Waals surface area contributed by atoms with E-state index in [4.69, 9.17) is 13.1 Å². The number of alkyl halides is 1. The number of aliphatic hydroxyl groups is 2. The van der Waals surface area contributed by atoms with Gasteiger partial charge < -0.3 is 14.9 Å². The quantitative estimate of drug-likeness (QED) is 0.221. The molecule has 0 radical (unpaired) electrons. The highest BCUT2D eigenvalue weighted by Crippen LogP contribution is 2.73. The van der Waals surface area contributed by atoms with E-state index >= 15 is 0 Å². The Balaban J connectivity index is 1.99. The summed E-state index contributed by atoms with van der Waals surface area (Å²) in [6.45, 7) is 5.44. The van der Waals surface area contributed by atoms with Gasteiger partial charge in [0.2, 0.25) is 5.78 Å². The third-order valence-corrected chi connectivity index (χ3v) is 13.1. The SMILES string of the molecule is CC(=O)OCC(=O)[C@@]1(O)C(C)C[C@H]2[C@@H]3C(OS(C)(=O)=O)C(OS(C)(=O)=O)C4=CC(=O)CC[C@]4(C)[C@@]3(Br)C(O)C[C@@]21C. The van der Waals surface area contributed by atoms with Crippen molar-refractivity contribution in [1.82, 2.24) is 0 Å². The van der Waals surface area contributed by atoms with Crippen molar-refractivity contribution < 1.29 is 54.5 Å². The van der Waals surface area contributed by atoms with Gasteiger partial charge in [-0.3, -0.25) is 22.7 Å². The van der Waals surface area contributed by atoms with Crippen molar-refractivity contribution in [2.24, 2.45) is 28.6 Å². The van der Waals surface area contributed by atoms with Crippen molar-refractivity contribution in [3.05, 3.63) is 11.6 Å². The summed E-state index contributed by atoms with van der Waals surface area (Å²) in [7, 11) is -8.51. The lowest BCUT2D eigenvalue weighted by atomic mass is 9.44. The van der Waals surface area contributed by atoms with Gasteiger partial charge in [-0.15, -0.1) is 0 Å². The average molecular weight is 686 g/mol. The Labute approximate surface area is 248 Å². The largest absolute Gasteiger partial charge is 0.458 e. The number of aliphatic hydroxyl groups excluding tert-OH is 1. The van der Waals surface area contributed by atoms with Gasteiger partial charge >= 0.3 is 5.97 Å². The zero-order valence-electron chi connectivity index (χ0n) is 23.7. The zero-order chi connectivity index (χ0) is 31.1. The average Bonchev–Trinajstić information content (AvgIpc) is 3.01. The standard InChI is InChI=1S/C26H37BrO12S2/c1-13-9-16-20-22(39-41(6,35)36)21(38-40(5,33)34)17-10-15(29)7-8-23(17,3)25(20,27)18(30)11-24(16,4)26(13,32)19(31)12-37-14(2)28/h10,13,16,18,20-22,30,32H,7-9,11-12H2,1-6H3/t13?,16-,18?,20+,21?,22?,23-,24-,25+,26-/m0/s1. The van der Waals surface area contributed by atoms with E-state index in [9.17, 15) is 41.4 Å². The van der Waals surface area contributed by atoms with E-state index in [1.165, 1.54) is 6.08 Å². The van der Waals surface area contributed by atoms with Crippen molar-refractivity contribution in [2.45, 2.75) is 81.6 Å². The predicted octanol–water partition coefficient (Wildman–Crippen LogP) is 1.03. The summed E-state index contributed by atoms with van der Waals surface area (Å²) < 4.78 is 65.0. The van der Waals surface area contributed by atoms with Crippen LogP contribution in [0, 0.1) is 28.6 Å². The Morgan fingerprint density at radius 2 is 1.71 bits per heavy atom. The monoisotopic (exact) mass is 684 g/mol. The first-order valence-electron chi connectivity index (χ1n) is 13.3. The number of carbonyl (C=O) groups excluding carboxylic acids is 3.